The van der Waals surface area contributed by atoms with Crippen molar-refractivity contribution in [2.45, 2.75) is 13.5 Å². The van der Waals surface area contributed by atoms with Crippen LogP contribution in [0.15, 0.2) is 18.3 Å². The molecule has 6 heteroatoms. The van der Waals surface area contributed by atoms with E-state index >= 15 is 0 Å². The molecule has 0 amide bonds. The van der Waals surface area contributed by atoms with Crippen LogP contribution in [0.1, 0.15) is 9.88 Å². The molecule has 0 radical (unpaired) electrons. The number of thiazole rings is 1. The fraction of sp³-hybridized carbons (Fsp3) is 0.357. The summed E-state index contributed by atoms with van der Waals surface area (Å²) < 4.78 is 15.9. The second kappa shape index (κ2) is 6.47. The third-order valence-electron chi connectivity index (χ3n) is 2.80. The maximum atomic E-state index is 5.32. The summed E-state index contributed by atoms with van der Waals surface area (Å²) in [4.78, 5) is 5.41. The lowest BCUT2D eigenvalue weighted by Crippen LogP contribution is -2.00. The monoisotopic (exact) mass is 294 g/mol. The van der Waals surface area contributed by atoms with Crippen LogP contribution in [0.3, 0.4) is 0 Å². The summed E-state index contributed by atoms with van der Waals surface area (Å²) in [5, 5.41) is 4.39. The molecular formula is C14H18N2O3S. The van der Waals surface area contributed by atoms with Gasteiger partial charge >= 0.3 is 0 Å². The molecule has 108 valence electrons. The van der Waals surface area contributed by atoms with E-state index in [0.29, 0.717) is 23.8 Å². The minimum Gasteiger partial charge on any atom is -0.493 e. The Morgan fingerprint density at radius 1 is 1.10 bits per heavy atom. The summed E-state index contributed by atoms with van der Waals surface area (Å²) >= 11 is 1.67. The fourth-order valence-electron chi connectivity index (χ4n) is 1.86. The first-order valence-corrected chi connectivity index (χ1v) is 6.94. The quantitative estimate of drug-likeness (QED) is 0.887. The zero-order valence-electron chi connectivity index (χ0n) is 12.0. The van der Waals surface area contributed by atoms with E-state index in [1.807, 2.05) is 25.3 Å². The van der Waals surface area contributed by atoms with Crippen LogP contribution in [0, 0.1) is 6.92 Å². The van der Waals surface area contributed by atoms with E-state index in [2.05, 4.69) is 10.3 Å². The lowest BCUT2D eigenvalue weighted by molar-refractivity contribution is 0.324. The van der Waals surface area contributed by atoms with Gasteiger partial charge in [0, 0.05) is 28.9 Å². The van der Waals surface area contributed by atoms with Gasteiger partial charge in [0.15, 0.2) is 11.5 Å². The highest BCUT2D eigenvalue weighted by Crippen LogP contribution is 2.40. The number of rotatable bonds is 6. The highest BCUT2D eigenvalue weighted by Gasteiger charge is 2.13. The van der Waals surface area contributed by atoms with Gasteiger partial charge in [0.2, 0.25) is 5.75 Å². The zero-order valence-corrected chi connectivity index (χ0v) is 12.8. The average molecular weight is 294 g/mol. The normalized spacial score (nSPS) is 10.2. The Morgan fingerprint density at radius 3 is 2.20 bits per heavy atom. The topological polar surface area (TPSA) is 52.6 Å². The number of nitrogens with one attached hydrogen (secondary N) is 1. The number of ether oxygens (including phenoxy) is 3. The second-order valence-electron chi connectivity index (χ2n) is 4.11. The van der Waals surface area contributed by atoms with Crippen molar-refractivity contribution in [3.05, 3.63) is 28.2 Å². The van der Waals surface area contributed by atoms with Gasteiger partial charge in [0.25, 0.3) is 0 Å². The van der Waals surface area contributed by atoms with Crippen molar-refractivity contribution in [2.75, 3.05) is 26.6 Å². The molecule has 0 aliphatic carbocycles. The summed E-state index contributed by atoms with van der Waals surface area (Å²) in [5.41, 5.74) is 0.908. The Hall–Kier alpha value is -1.95. The van der Waals surface area contributed by atoms with Crippen LogP contribution in [0.5, 0.6) is 17.2 Å². The zero-order chi connectivity index (χ0) is 14.5. The Morgan fingerprint density at radius 2 is 1.75 bits per heavy atom. The average Bonchev–Trinajstić information content (AvgIpc) is 2.89. The van der Waals surface area contributed by atoms with Crippen molar-refractivity contribution in [1.29, 1.82) is 0 Å². The highest BCUT2D eigenvalue weighted by atomic mass is 32.1. The molecule has 0 saturated heterocycles. The lowest BCUT2D eigenvalue weighted by atomic mass is 10.2. The summed E-state index contributed by atoms with van der Waals surface area (Å²) in [6, 6.07) is 3.77. The molecule has 2 aromatic rings. The smallest absolute Gasteiger partial charge is 0.203 e. The standard InChI is InChI=1S/C14H18N2O3S/c1-9-15-7-11(20-9)8-16-10-5-12(17-2)14(19-4)13(6-10)18-3/h5-7,16H,8H2,1-4H3. The van der Waals surface area contributed by atoms with Gasteiger partial charge in [-0.25, -0.2) is 4.98 Å². The molecule has 0 saturated carbocycles. The molecule has 1 aromatic carbocycles. The first-order valence-electron chi connectivity index (χ1n) is 6.13. The number of anilines is 1. The minimum absolute atomic E-state index is 0.592. The molecule has 0 atom stereocenters. The van der Waals surface area contributed by atoms with Gasteiger partial charge in [-0.1, -0.05) is 0 Å². The van der Waals surface area contributed by atoms with Gasteiger partial charge in [0.05, 0.1) is 32.9 Å². The van der Waals surface area contributed by atoms with Gasteiger partial charge in [-0.05, 0) is 6.92 Å². The number of hydrogen-bond acceptors (Lipinski definition) is 6. The third-order valence-corrected chi connectivity index (χ3v) is 3.71. The Balaban J connectivity index is 2.19. The van der Waals surface area contributed by atoms with E-state index in [9.17, 15) is 0 Å². The number of benzene rings is 1. The largest absolute Gasteiger partial charge is 0.493 e. The van der Waals surface area contributed by atoms with Gasteiger partial charge in [-0.15, -0.1) is 11.3 Å². The summed E-state index contributed by atoms with van der Waals surface area (Å²) in [6.45, 7) is 2.71. The maximum Gasteiger partial charge on any atom is 0.203 e. The fourth-order valence-corrected chi connectivity index (χ4v) is 2.59. The van der Waals surface area contributed by atoms with Gasteiger partial charge in [-0.2, -0.15) is 0 Å². The SMILES string of the molecule is COc1cc(NCc2cnc(C)s2)cc(OC)c1OC. The molecule has 0 spiro atoms. The van der Waals surface area contributed by atoms with Crippen LogP contribution in [0.4, 0.5) is 5.69 Å². The van der Waals surface area contributed by atoms with Crippen LogP contribution in [0.25, 0.3) is 0 Å². The number of methoxy groups -OCH3 is 3. The molecule has 1 aromatic heterocycles. The van der Waals surface area contributed by atoms with Gasteiger partial charge in [0.1, 0.15) is 0 Å². The molecular weight excluding hydrogens is 276 g/mol. The van der Waals surface area contributed by atoms with Crippen LogP contribution in [-0.2, 0) is 6.54 Å². The Kier molecular flexibility index (Phi) is 4.68. The van der Waals surface area contributed by atoms with Crippen LogP contribution >= 0.6 is 11.3 Å². The Bertz CT molecular complexity index is 559. The van der Waals surface area contributed by atoms with E-state index in [-0.39, 0.29) is 0 Å². The van der Waals surface area contributed by atoms with E-state index in [4.69, 9.17) is 14.2 Å². The highest BCUT2D eigenvalue weighted by molar-refractivity contribution is 7.11. The molecule has 0 bridgehead atoms. The molecule has 0 aliphatic heterocycles. The summed E-state index contributed by atoms with van der Waals surface area (Å²) in [7, 11) is 4.80. The van der Waals surface area contributed by atoms with Crippen molar-refractivity contribution >= 4 is 17.0 Å². The molecule has 1 N–H and O–H groups in total. The van der Waals surface area contributed by atoms with E-state index < -0.39 is 0 Å². The first-order chi connectivity index (χ1) is 9.67. The molecule has 20 heavy (non-hydrogen) atoms. The molecule has 0 fully saturated rings. The van der Waals surface area contributed by atoms with Crippen LogP contribution in [0.2, 0.25) is 0 Å². The predicted molar refractivity (Wildman–Crippen MR) is 80.3 cm³/mol. The number of aryl methyl sites for hydroxylation is 1. The van der Waals surface area contributed by atoms with E-state index in [0.717, 1.165) is 10.7 Å². The number of aromatic nitrogens is 1. The van der Waals surface area contributed by atoms with Crippen molar-refractivity contribution in [1.82, 2.24) is 4.98 Å². The number of hydrogen-bond donors (Lipinski definition) is 1. The molecule has 2 rings (SSSR count). The van der Waals surface area contributed by atoms with Gasteiger partial charge in [-0.3, -0.25) is 0 Å². The lowest BCUT2D eigenvalue weighted by Gasteiger charge is -2.14. The number of nitrogens with zero attached hydrogens (tertiary/aromatic N) is 1. The molecule has 1 heterocycles. The summed E-state index contributed by atoms with van der Waals surface area (Å²) in [5.74, 6) is 1.86. The molecule has 0 aliphatic rings. The third kappa shape index (κ3) is 3.14. The van der Waals surface area contributed by atoms with E-state index in [1.54, 1.807) is 32.7 Å². The van der Waals surface area contributed by atoms with Gasteiger partial charge < -0.3 is 19.5 Å². The first kappa shape index (κ1) is 14.5. The summed E-state index contributed by atoms with van der Waals surface area (Å²) in [6.07, 6.45) is 1.88. The predicted octanol–water partition coefficient (Wildman–Crippen LogP) is 3.09. The Labute approximate surface area is 122 Å². The maximum absolute atomic E-state index is 5.32. The van der Waals surface area contributed by atoms with E-state index in [1.165, 1.54) is 4.88 Å². The van der Waals surface area contributed by atoms with Crippen molar-refractivity contribution in [3.63, 3.8) is 0 Å². The second-order valence-corrected chi connectivity index (χ2v) is 5.43. The van der Waals surface area contributed by atoms with Crippen molar-refractivity contribution in [2.24, 2.45) is 0 Å². The van der Waals surface area contributed by atoms with Crippen LogP contribution < -0.4 is 19.5 Å². The van der Waals surface area contributed by atoms with Crippen molar-refractivity contribution < 1.29 is 14.2 Å². The molecule has 0 unspecified atom stereocenters. The minimum atomic E-state index is 0.592. The van der Waals surface area contributed by atoms with Crippen LogP contribution in [-0.4, -0.2) is 26.3 Å². The molecule has 5 nitrogen and oxygen atoms in total. The van der Waals surface area contributed by atoms with Crippen molar-refractivity contribution in [3.8, 4) is 17.2 Å².